The highest BCUT2D eigenvalue weighted by molar-refractivity contribution is 5.77. The Morgan fingerprint density at radius 3 is 2.55 bits per heavy atom. The van der Waals surface area contributed by atoms with Crippen molar-refractivity contribution in [1.82, 2.24) is 10.2 Å². The monoisotopic (exact) mass is 395 g/mol. The van der Waals surface area contributed by atoms with E-state index in [-0.39, 0.29) is 12.5 Å². The zero-order chi connectivity index (χ0) is 20.8. The maximum atomic E-state index is 12.4. The number of likely N-dealkylation sites (N-methyl/N-ethyl adjacent to an activating group) is 1. The fourth-order valence-corrected chi connectivity index (χ4v) is 3.54. The molecule has 0 spiro atoms. The Kier molecular flexibility index (Phi) is 7.15. The minimum Gasteiger partial charge on any atom is -0.483 e. The Balaban J connectivity index is 1.56. The average molecular weight is 396 g/mol. The Labute approximate surface area is 174 Å². The number of nitrogens with one attached hydrogen (secondary N) is 1. The van der Waals surface area contributed by atoms with Gasteiger partial charge in [0.25, 0.3) is 5.91 Å². The van der Waals surface area contributed by atoms with Gasteiger partial charge < -0.3 is 19.9 Å². The van der Waals surface area contributed by atoms with Crippen LogP contribution in [0.3, 0.4) is 0 Å². The Bertz CT molecular complexity index is 827. The van der Waals surface area contributed by atoms with Gasteiger partial charge in [0.1, 0.15) is 5.75 Å². The van der Waals surface area contributed by atoms with Crippen LogP contribution in [0.1, 0.15) is 36.5 Å². The van der Waals surface area contributed by atoms with Crippen LogP contribution in [0.25, 0.3) is 0 Å². The summed E-state index contributed by atoms with van der Waals surface area (Å²) >= 11 is 0. The molecule has 2 aromatic carbocycles. The fraction of sp³-hybridized carbons (Fsp3) is 0.458. The second-order valence-corrected chi connectivity index (χ2v) is 8.16. The molecule has 1 amide bonds. The molecule has 0 aliphatic carbocycles. The maximum absolute atomic E-state index is 12.4. The maximum Gasteiger partial charge on any atom is 0.258 e. The number of aryl methyl sites for hydroxylation is 1. The normalized spacial score (nSPS) is 14.9. The molecule has 5 nitrogen and oxygen atoms in total. The number of ether oxygens (including phenoxy) is 1. The molecule has 1 aliphatic heterocycles. The first-order valence-electron chi connectivity index (χ1n) is 10.5. The molecule has 1 N–H and O–H groups in total. The zero-order valence-corrected chi connectivity index (χ0v) is 18.1. The van der Waals surface area contributed by atoms with Crippen molar-refractivity contribution in [3.8, 4) is 5.75 Å². The van der Waals surface area contributed by atoms with Crippen molar-refractivity contribution in [3.63, 3.8) is 0 Å². The summed E-state index contributed by atoms with van der Waals surface area (Å²) in [6, 6.07) is 14.5. The molecule has 0 radical (unpaired) electrons. The summed E-state index contributed by atoms with van der Waals surface area (Å²) in [5.74, 6) is 1.11. The molecule has 0 saturated carbocycles. The standard InChI is InChI=1S/C24H33N3O2/c1-18(2)20-10-9-19(3)23(15-20)29-17-24(28)25-16-21-7-5-6-8-22(21)27-13-11-26(4)12-14-27/h5-10,15,18H,11-14,16-17H2,1-4H3,(H,25,28). The lowest BCUT2D eigenvalue weighted by atomic mass is 10.0. The van der Waals surface area contributed by atoms with E-state index in [2.05, 4.69) is 66.3 Å². The third-order valence-corrected chi connectivity index (χ3v) is 5.55. The number of hydrogen-bond acceptors (Lipinski definition) is 4. The number of nitrogens with zero attached hydrogens (tertiary/aromatic N) is 2. The van der Waals surface area contributed by atoms with E-state index in [1.807, 2.05) is 19.1 Å². The van der Waals surface area contributed by atoms with Crippen molar-refractivity contribution in [2.24, 2.45) is 0 Å². The summed E-state index contributed by atoms with van der Waals surface area (Å²) in [6.45, 7) is 11.0. The first kappa shape index (κ1) is 21.2. The number of carbonyl (C=O) groups excluding carboxylic acids is 1. The van der Waals surface area contributed by atoms with E-state index in [1.54, 1.807) is 0 Å². The predicted octanol–water partition coefficient (Wildman–Crippen LogP) is 3.57. The van der Waals surface area contributed by atoms with Crippen LogP contribution in [0.5, 0.6) is 5.75 Å². The Morgan fingerprint density at radius 1 is 1.10 bits per heavy atom. The van der Waals surface area contributed by atoms with Crippen molar-refractivity contribution < 1.29 is 9.53 Å². The van der Waals surface area contributed by atoms with Gasteiger partial charge in [-0.3, -0.25) is 4.79 Å². The van der Waals surface area contributed by atoms with Crippen LogP contribution in [0.2, 0.25) is 0 Å². The van der Waals surface area contributed by atoms with Gasteiger partial charge in [0, 0.05) is 38.4 Å². The number of hydrogen-bond donors (Lipinski definition) is 1. The van der Waals surface area contributed by atoms with Crippen LogP contribution in [-0.4, -0.2) is 50.6 Å². The van der Waals surface area contributed by atoms with Crippen molar-refractivity contribution >= 4 is 11.6 Å². The third kappa shape index (κ3) is 5.73. The van der Waals surface area contributed by atoms with Crippen LogP contribution < -0.4 is 15.0 Å². The van der Waals surface area contributed by atoms with Crippen LogP contribution in [0.15, 0.2) is 42.5 Å². The summed E-state index contributed by atoms with van der Waals surface area (Å²) in [5, 5.41) is 3.01. The summed E-state index contributed by atoms with van der Waals surface area (Å²) in [4.78, 5) is 17.1. The van der Waals surface area contributed by atoms with E-state index in [4.69, 9.17) is 4.74 Å². The first-order valence-corrected chi connectivity index (χ1v) is 10.5. The van der Waals surface area contributed by atoms with E-state index in [9.17, 15) is 4.79 Å². The Hall–Kier alpha value is -2.53. The fourth-order valence-electron chi connectivity index (χ4n) is 3.54. The molecule has 2 aromatic rings. The molecule has 1 aliphatic rings. The predicted molar refractivity (Wildman–Crippen MR) is 119 cm³/mol. The van der Waals surface area contributed by atoms with Gasteiger partial charge in [0.2, 0.25) is 0 Å². The van der Waals surface area contributed by atoms with Gasteiger partial charge in [0.05, 0.1) is 0 Å². The van der Waals surface area contributed by atoms with Gasteiger partial charge >= 0.3 is 0 Å². The van der Waals surface area contributed by atoms with E-state index in [0.717, 1.165) is 43.1 Å². The van der Waals surface area contributed by atoms with Gasteiger partial charge in [-0.2, -0.15) is 0 Å². The highest BCUT2D eigenvalue weighted by Crippen LogP contribution is 2.24. The average Bonchev–Trinajstić information content (AvgIpc) is 2.72. The number of benzene rings is 2. The third-order valence-electron chi connectivity index (χ3n) is 5.55. The largest absolute Gasteiger partial charge is 0.483 e. The second kappa shape index (κ2) is 9.79. The van der Waals surface area contributed by atoms with E-state index in [1.165, 1.54) is 11.3 Å². The topological polar surface area (TPSA) is 44.8 Å². The number of anilines is 1. The van der Waals surface area contributed by atoms with Crippen LogP contribution >= 0.6 is 0 Å². The molecule has 0 atom stereocenters. The lowest BCUT2D eigenvalue weighted by Crippen LogP contribution is -2.45. The van der Waals surface area contributed by atoms with E-state index in [0.29, 0.717) is 12.5 Å². The molecule has 0 aromatic heterocycles. The second-order valence-electron chi connectivity index (χ2n) is 8.16. The molecular weight excluding hydrogens is 362 g/mol. The Morgan fingerprint density at radius 2 is 1.83 bits per heavy atom. The molecule has 1 fully saturated rings. The molecule has 0 bridgehead atoms. The van der Waals surface area contributed by atoms with E-state index < -0.39 is 0 Å². The van der Waals surface area contributed by atoms with Crippen LogP contribution in [0.4, 0.5) is 5.69 Å². The number of amides is 1. The number of piperazine rings is 1. The summed E-state index contributed by atoms with van der Waals surface area (Å²) < 4.78 is 5.81. The van der Waals surface area contributed by atoms with Crippen LogP contribution in [0, 0.1) is 6.92 Å². The molecule has 1 saturated heterocycles. The minimum atomic E-state index is -0.104. The summed E-state index contributed by atoms with van der Waals surface area (Å²) in [5.41, 5.74) is 4.61. The zero-order valence-electron chi connectivity index (χ0n) is 18.1. The molecule has 5 heteroatoms. The number of rotatable bonds is 7. The molecule has 156 valence electrons. The minimum absolute atomic E-state index is 0.0268. The van der Waals surface area contributed by atoms with Crippen molar-refractivity contribution in [1.29, 1.82) is 0 Å². The molecule has 3 rings (SSSR count). The van der Waals surface area contributed by atoms with E-state index >= 15 is 0 Å². The van der Waals surface area contributed by atoms with Crippen molar-refractivity contribution in [2.75, 3.05) is 44.7 Å². The van der Waals surface area contributed by atoms with Gasteiger partial charge in [-0.05, 0) is 48.7 Å². The highest BCUT2D eigenvalue weighted by atomic mass is 16.5. The van der Waals surface area contributed by atoms with Gasteiger partial charge in [0.15, 0.2) is 6.61 Å². The first-order chi connectivity index (χ1) is 13.9. The summed E-state index contributed by atoms with van der Waals surface area (Å²) in [7, 11) is 2.15. The van der Waals surface area contributed by atoms with Gasteiger partial charge in [-0.25, -0.2) is 0 Å². The summed E-state index contributed by atoms with van der Waals surface area (Å²) in [6.07, 6.45) is 0. The van der Waals surface area contributed by atoms with Crippen LogP contribution in [-0.2, 0) is 11.3 Å². The number of para-hydroxylation sites is 1. The quantitative estimate of drug-likeness (QED) is 0.779. The lowest BCUT2D eigenvalue weighted by molar-refractivity contribution is -0.123. The SMILES string of the molecule is Cc1ccc(C(C)C)cc1OCC(=O)NCc1ccccc1N1CCN(C)CC1. The van der Waals surface area contributed by atoms with Gasteiger partial charge in [-0.15, -0.1) is 0 Å². The molecule has 29 heavy (non-hydrogen) atoms. The van der Waals surface area contributed by atoms with Crippen molar-refractivity contribution in [2.45, 2.75) is 33.2 Å². The number of carbonyl (C=O) groups is 1. The highest BCUT2D eigenvalue weighted by Gasteiger charge is 2.17. The molecule has 0 unspecified atom stereocenters. The molecule has 1 heterocycles. The smallest absolute Gasteiger partial charge is 0.258 e. The molecular formula is C24H33N3O2. The lowest BCUT2D eigenvalue weighted by Gasteiger charge is -2.35. The van der Waals surface area contributed by atoms with Gasteiger partial charge in [-0.1, -0.05) is 44.2 Å². The van der Waals surface area contributed by atoms with Crippen molar-refractivity contribution in [3.05, 3.63) is 59.2 Å².